The van der Waals surface area contributed by atoms with Gasteiger partial charge in [-0.3, -0.25) is 0 Å². The molecule has 0 saturated heterocycles. The van der Waals surface area contributed by atoms with Crippen LogP contribution in [0.5, 0.6) is 0 Å². The molecule has 7 heteroatoms. The third kappa shape index (κ3) is 4.47. The number of hydrogen-bond donors (Lipinski definition) is 2. The zero-order chi connectivity index (χ0) is 13.7. The minimum atomic E-state index is -3.40. The molecular weight excluding hydrogens is 264 g/mol. The summed E-state index contributed by atoms with van der Waals surface area (Å²) >= 11 is 0. The standard InChI is InChI=1S/C12H16N4O2S/c13-19(17,18)9-7-14-10-11-6-8-16(15-11)12-4-2-1-3-5-12/h1-6,8,14H,7,9-10H2,(H2,13,17,18). The molecule has 1 heterocycles. The minimum absolute atomic E-state index is 0.0770. The zero-order valence-electron chi connectivity index (χ0n) is 10.4. The van der Waals surface area contributed by atoms with E-state index in [4.69, 9.17) is 5.14 Å². The van der Waals surface area contributed by atoms with Gasteiger partial charge in [-0.25, -0.2) is 18.2 Å². The summed E-state index contributed by atoms with van der Waals surface area (Å²) < 4.78 is 23.3. The molecule has 0 saturated carbocycles. The second-order valence-electron chi connectivity index (χ2n) is 4.13. The Hall–Kier alpha value is -1.70. The fourth-order valence-corrected chi connectivity index (χ4v) is 2.04. The average molecular weight is 280 g/mol. The Morgan fingerprint density at radius 2 is 1.95 bits per heavy atom. The molecule has 0 unspecified atom stereocenters. The maximum absolute atomic E-state index is 10.7. The van der Waals surface area contributed by atoms with Crippen LogP contribution in [0.2, 0.25) is 0 Å². The number of rotatable bonds is 6. The number of aromatic nitrogens is 2. The maximum atomic E-state index is 10.7. The van der Waals surface area contributed by atoms with Crippen LogP contribution in [0.1, 0.15) is 5.69 Å². The molecule has 0 aliphatic heterocycles. The van der Waals surface area contributed by atoms with Crippen LogP contribution >= 0.6 is 0 Å². The Kier molecular flexibility index (Phi) is 4.31. The van der Waals surface area contributed by atoms with Gasteiger partial charge in [-0.2, -0.15) is 5.10 Å². The van der Waals surface area contributed by atoms with Crippen LogP contribution in [-0.4, -0.2) is 30.5 Å². The Bertz CT molecular complexity index is 622. The largest absolute Gasteiger partial charge is 0.310 e. The van der Waals surface area contributed by atoms with Gasteiger partial charge >= 0.3 is 0 Å². The monoisotopic (exact) mass is 280 g/mol. The first-order chi connectivity index (χ1) is 9.04. The van der Waals surface area contributed by atoms with Crippen molar-refractivity contribution in [2.45, 2.75) is 6.54 Å². The molecule has 1 aromatic heterocycles. The lowest BCUT2D eigenvalue weighted by Crippen LogP contribution is -2.26. The lowest BCUT2D eigenvalue weighted by atomic mass is 10.3. The van der Waals surface area contributed by atoms with Gasteiger partial charge in [-0.15, -0.1) is 0 Å². The smallest absolute Gasteiger partial charge is 0.210 e. The predicted molar refractivity (Wildman–Crippen MR) is 73.2 cm³/mol. The summed E-state index contributed by atoms with van der Waals surface area (Å²) in [6.45, 7) is 0.826. The highest BCUT2D eigenvalue weighted by Crippen LogP contribution is 2.06. The summed E-state index contributed by atoms with van der Waals surface area (Å²) in [6.07, 6.45) is 1.87. The highest BCUT2D eigenvalue weighted by molar-refractivity contribution is 7.89. The molecule has 0 fully saturated rings. The number of primary sulfonamides is 1. The van der Waals surface area contributed by atoms with Crippen molar-refractivity contribution in [3.63, 3.8) is 0 Å². The van der Waals surface area contributed by atoms with E-state index >= 15 is 0 Å². The van der Waals surface area contributed by atoms with Crippen LogP contribution in [0.25, 0.3) is 5.69 Å². The minimum Gasteiger partial charge on any atom is -0.310 e. The first kappa shape index (κ1) is 13.7. The second kappa shape index (κ2) is 5.96. The molecule has 0 amide bonds. The summed E-state index contributed by atoms with van der Waals surface area (Å²) in [6, 6.07) is 11.7. The van der Waals surface area contributed by atoms with E-state index in [0.29, 0.717) is 13.1 Å². The van der Waals surface area contributed by atoms with Gasteiger partial charge < -0.3 is 5.32 Å². The third-order valence-electron chi connectivity index (χ3n) is 2.53. The van der Waals surface area contributed by atoms with E-state index < -0.39 is 10.0 Å². The zero-order valence-corrected chi connectivity index (χ0v) is 11.2. The first-order valence-corrected chi connectivity index (χ1v) is 7.57. The van der Waals surface area contributed by atoms with Crippen molar-refractivity contribution in [3.05, 3.63) is 48.3 Å². The second-order valence-corrected chi connectivity index (χ2v) is 5.86. The van der Waals surface area contributed by atoms with Crippen LogP contribution in [0, 0.1) is 0 Å². The molecule has 0 bridgehead atoms. The van der Waals surface area contributed by atoms with E-state index in [9.17, 15) is 8.42 Å². The molecule has 3 N–H and O–H groups in total. The number of nitrogens with two attached hydrogens (primary N) is 1. The van der Waals surface area contributed by atoms with Crippen LogP contribution in [0.15, 0.2) is 42.6 Å². The maximum Gasteiger partial charge on any atom is 0.210 e. The summed E-state index contributed by atoms with van der Waals surface area (Å²) in [7, 11) is -3.40. The summed E-state index contributed by atoms with van der Waals surface area (Å²) in [5, 5.41) is 12.3. The number of benzene rings is 1. The van der Waals surface area contributed by atoms with Crippen molar-refractivity contribution in [1.82, 2.24) is 15.1 Å². The number of nitrogens with zero attached hydrogens (tertiary/aromatic N) is 2. The van der Waals surface area contributed by atoms with Gasteiger partial charge in [0.05, 0.1) is 17.1 Å². The van der Waals surface area contributed by atoms with Crippen molar-refractivity contribution in [1.29, 1.82) is 0 Å². The molecule has 0 aliphatic carbocycles. The Morgan fingerprint density at radius 1 is 1.21 bits per heavy atom. The molecule has 2 rings (SSSR count). The fourth-order valence-electron chi connectivity index (χ4n) is 1.61. The number of nitrogens with one attached hydrogen (secondary N) is 1. The van der Waals surface area contributed by atoms with Crippen LogP contribution in [-0.2, 0) is 16.6 Å². The van der Waals surface area contributed by atoms with Gasteiger partial charge in [0.2, 0.25) is 10.0 Å². The van der Waals surface area contributed by atoms with E-state index in [1.54, 1.807) is 4.68 Å². The van der Waals surface area contributed by atoms with Crippen molar-refractivity contribution in [2.24, 2.45) is 5.14 Å². The van der Waals surface area contributed by atoms with Gasteiger partial charge in [-0.1, -0.05) is 18.2 Å². The molecule has 0 radical (unpaired) electrons. The fraction of sp³-hybridized carbons (Fsp3) is 0.250. The van der Waals surface area contributed by atoms with Crippen LogP contribution in [0.4, 0.5) is 0 Å². The van der Waals surface area contributed by atoms with E-state index in [1.807, 2.05) is 42.6 Å². The highest BCUT2D eigenvalue weighted by Gasteiger charge is 2.03. The molecule has 19 heavy (non-hydrogen) atoms. The Morgan fingerprint density at radius 3 is 2.63 bits per heavy atom. The summed E-state index contributed by atoms with van der Waals surface area (Å²) in [5.74, 6) is -0.0770. The van der Waals surface area contributed by atoms with Gasteiger partial charge in [-0.05, 0) is 18.2 Å². The molecular formula is C12H16N4O2S. The molecule has 0 atom stereocenters. The lowest BCUT2D eigenvalue weighted by Gasteiger charge is -2.02. The third-order valence-corrected chi connectivity index (χ3v) is 3.31. The molecule has 0 spiro atoms. The molecule has 6 nitrogen and oxygen atoms in total. The van der Waals surface area contributed by atoms with E-state index in [-0.39, 0.29) is 5.75 Å². The molecule has 102 valence electrons. The van der Waals surface area contributed by atoms with Crippen LogP contribution < -0.4 is 10.5 Å². The van der Waals surface area contributed by atoms with Gasteiger partial charge in [0.25, 0.3) is 0 Å². The predicted octanol–water partition coefficient (Wildman–Crippen LogP) is 0.250. The first-order valence-electron chi connectivity index (χ1n) is 5.86. The SMILES string of the molecule is NS(=O)(=O)CCNCc1ccn(-c2ccccc2)n1. The van der Waals surface area contributed by atoms with E-state index in [1.165, 1.54) is 0 Å². The van der Waals surface area contributed by atoms with Crippen LogP contribution in [0.3, 0.4) is 0 Å². The van der Waals surface area contributed by atoms with Gasteiger partial charge in [0.15, 0.2) is 0 Å². The summed E-state index contributed by atoms with van der Waals surface area (Å²) in [4.78, 5) is 0. The van der Waals surface area contributed by atoms with Gasteiger partial charge in [0, 0.05) is 19.3 Å². The van der Waals surface area contributed by atoms with Crippen molar-refractivity contribution in [2.75, 3.05) is 12.3 Å². The van der Waals surface area contributed by atoms with Crippen molar-refractivity contribution in [3.8, 4) is 5.69 Å². The van der Waals surface area contributed by atoms with E-state index in [0.717, 1.165) is 11.4 Å². The number of sulfonamides is 1. The average Bonchev–Trinajstić information content (AvgIpc) is 2.83. The highest BCUT2D eigenvalue weighted by atomic mass is 32.2. The molecule has 0 aliphatic rings. The Balaban J connectivity index is 1.88. The quantitative estimate of drug-likeness (QED) is 0.742. The summed E-state index contributed by atoms with van der Waals surface area (Å²) in [5.41, 5.74) is 1.83. The lowest BCUT2D eigenvalue weighted by molar-refractivity contribution is 0.591. The topological polar surface area (TPSA) is 90.0 Å². The normalized spacial score (nSPS) is 11.6. The number of para-hydroxylation sites is 1. The van der Waals surface area contributed by atoms with Gasteiger partial charge in [0.1, 0.15) is 0 Å². The van der Waals surface area contributed by atoms with Crippen molar-refractivity contribution < 1.29 is 8.42 Å². The Labute approximate surface area is 112 Å². The molecule has 2 aromatic rings. The van der Waals surface area contributed by atoms with Crippen molar-refractivity contribution >= 4 is 10.0 Å². The molecule has 1 aromatic carbocycles. The number of hydrogen-bond acceptors (Lipinski definition) is 4. The van der Waals surface area contributed by atoms with E-state index in [2.05, 4.69) is 10.4 Å².